The van der Waals surface area contributed by atoms with Crippen LogP contribution in [0.1, 0.15) is 39.5 Å². The molecule has 1 aliphatic rings. The van der Waals surface area contributed by atoms with E-state index in [9.17, 15) is 18.0 Å². The molecule has 0 saturated heterocycles. The number of alkyl halides is 3. The maximum absolute atomic E-state index is 13.6. The summed E-state index contributed by atoms with van der Waals surface area (Å²) < 4.78 is 52.3. The highest BCUT2D eigenvalue weighted by Gasteiger charge is 2.39. The second kappa shape index (κ2) is 8.43. The van der Waals surface area contributed by atoms with Crippen LogP contribution in [0, 0.1) is 0 Å². The van der Waals surface area contributed by atoms with Crippen molar-refractivity contribution in [3.8, 4) is 17.3 Å². The number of methoxy groups -OCH3 is 1. The van der Waals surface area contributed by atoms with Crippen LogP contribution in [-0.4, -0.2) is 59.2 Å². The van der Waals surface area contributed by atoms with Gasteiger partial charge >= 0.3 is 18.0 Å². The summed E-state index contributed by atoms with van der Waals surface area (Å²) in [6, 6.07) is 7.66. The van der Waals surface area contributed by atoms with Crippen molar-refractivity contribution in [2.75, 3.05) is 13.7 Å². The topological polar surface area (TPSA) is 127 Å². The Morgan fingerprint density at radius 3 is 2.81 bits per heavy atom. The van der Waals surface area contributed by atoms with E-state index < -0.39 is 23.8 Å². The number of rotatable bonds is 4. The fourth-order valence-corrected chi connectivity index (χ4v) is 4.35. The lowest BCUT2D eigenvalue weighted by Crippen LogP contribution is -2.41. The highest BCUT2D eigenvalue weighted by Crippen LogP contribution is 2.36. The van der Waals surface area contributed by atoms with E-state index in [4.69, 9.17) is 9.15 Å². The van der Waals surface area contributed by atoms with Gasteiger partial charge in [-0.3, -0.25) is 4.79 Å². The van der Waals surface area contributed by atoms with Crippen LogP contribution in [0.2, 0.25) is 0 Å². The average molecular weight is 510 g/mol. The number of ether oxygens (including phenoxy) is 1. The Morgan fingerprint density at radius 2 is 2.05 bits per heavy atom. The first kappa shape index (κ1) is 22.7. The van der Waals surface area contributed by atoms with Crippen LogP contribution < -0.4 is 4.74 Å². The predicted molar refractivity (Wildman–Crippen MR) is 119 cm³/mol. The van der Waals surface area contributed by atoms with Gasteiger partial charge in [0, 0.05) is 30.9 Å². The number of nitrogens with one attached hydrogen (secondary N) is 1. The van der Waals surface area contributed by atoms with Gasteiger partial charge in [0.25, 0.3) is 0 Å². The summed E-state index contributed by atoms with van der Waals surface area (Å²) in [6.45, 7) is 0.223. The smallest absolute Gasteiger partial charge is 0.433 e. The quantitative estimate of drug-likeness (QED) is 0.390. The molecule has 188 valence electrons. The molecule has 0 aromatic carbocycles. The van der Waals surface area contributed by atoms with Crippen LogP contribution in [0.15, 0.2) is 53.3 Å². The van der Waals surface area contributed by atoms with Crippen molar-refractivity contribution in [2.45, 2.75) is 18.6 Å². The molecule has 5 aromatic rings. The number of amides is 1. The Hall–Kier alpha value is -4.75. The fourth-order valence-electron chi connectivity index (χ4n) is 4.35. The third-order valence-electron chi connectivity index (χ3n) is 6.06. The SMILES string of the molecule is COc1ccc(-c2nnc(C(=O)N3CCc4[nH]cnc4[C@@H]3c3cc4cccc(C(F)(F)F)n4n3)o2)cn1. The fraction of sp³-hybridized carbons (Fsp3) is 0.217. The lowest BCUT2D eigenvalue weighted by molar-refractivity contribution is -0.142. The number of aromatic amines is 1. The van der Waals surface area contributed by atoms with Crippen molar-refractivity contribution in [1.82, 2.24) is 39.7 Å². The van der Waals surface area contributed by atoms with E-state index in [1.165, 1.54) is 42.7 Å². The molecule has 1 aliphatic heterocycles. The summed E-state index contributed by atoms with van der Waals surface area (Å²) >= 11 is 0. The number of hydrogen-bond acceptors (Lipinski definition) is 8. The summed E-state index contributed by atoms with van der Waals surface area (Å²) in [5.41, 5.74) is 1.25. The zero-order valence-corrected chi connectivity index (χ0v) is 19.1. The van der Waals surface area contributed by atoms with Gasteiger partial charge in [-0.1, -0.05) is 6.07 Å². The van der Waals surface area contributed by atoms with Crippen molar-refractivity contribution in [2.24, 2.45) is 0 Å². The highest BCUT2D eigenvalue weighted by atomic mass is 19.4. The number of fused-ring (bicyclic) bond motifs is 2. The van der Waals surface area contributed by atoms with E-state index >= 15 is 0 Å². The van der Waals surface area contributed by atoms with Crippen LogP contribution in [-0.2, 0) is 12.6 Å². The van der Waals surface area contributed by atoms with Crippen LogP contribution in [0.3, 0.4) is 0 Å². The first-order valence-corrected chi connectivity index (χ1v) is 11.1. The molecule has 1 N–H and O–H groups in total. The van der Waals surface area contributed by atoms with E-state index in [1.54, 1.807) is 12.1 Å². The summed E-state index contributed by atoms with van der Waals surface area (Å²) in [7, 11) is 1.48. The minimum Gasteiger partial charge on any atom is -0.481 e. The maximum atomic E-state index is 13.6. The van der Waals surface area contributed by atoms with E-state index in [2.05, 4.69) is 30.2 Å². The molecule has 6 heterocycles. The Kier molecular flexibility index (Phi) is 5.17. The summed E-state index contributed by atoms with van der Waals surface area (Å²) in [5, 5.41) is 12.1. The van der Waals surface area contributed by atoms with Crippen molar-refractivity contribution in [3.63, 3.8) is 0 Å². The molecule has 5 aromatic heterocycles. The third-order valence-corrected chi connectivity index (χ3v) is 6.06. The molecule has 0 fully saturated rings. The van der Waals surface area contributed by atoms with Gasteiger partial charge in [0.15, 0.2) is 0 Å². The monoisotopic (exact) mass is 510 g/mol. The minimum atomic E-state index is -4.61. The third kappa shape index (κ3) is 3.86. The standard InChI is InChI=1S/C23H17F3N8O3/c1-36-17-6-5-12(10-27-17)20-30-31-21(37-20)22(35)33-8-7-14-18(29-11-28-14)19(33)15-9-13-3-2-4-16(23(24,25)26)34(13)32-15/h2-6,9-11,19H,7-8H2,1H3,(H,28,29)/t19-/m0/s1. The van der Waals surface area contributed by atoms with Gasteiger partial charge in [0.1, 0.15) is 11.7 Å². The number of carbonyl (C=O) groups excluding carboxylic acids is 1. The minimum absolute atomic E-state index is 0.0788. The summed E-state index contributed by atoms with van der Waals surface area (Å²) in [4.78, 5) is 26.4. The number of imidazole rings is 1. The van der Waals surface area contributed by atoms with Gasteiger partial charge in [-0.2, -0.15) is 18.3 Å². The molecule has 0 aliphatic carbocycles. The second-order valence-electron chi connectivity index (χ2n) is 8.23. The molecule has 6 rings (SSSR count). The molecule has 0 saturated carbocycles. The number of halogens is 3. The zero-order valence-electron chi connectivity index (χ0n) is 19.1. The maximum Gasteiger partial charge on any atom is 0.433 e. The Morgan fingerprint density at radius 1 is 1.19 bits per heavy atom. The first-order chi connectivity index (χ1) is 17.8. The van der Waals surface area contributed by atoms with Gasteiger partial charge in [-0.05, 0) is 24.3 Å². The van der Waals surface area contributed by atoms with Crippen molar-refractivity contribution < 1.29 is 27.1 Å². The van der Waals surface area contributed by atoms with Crippen LogP contribution >= 0.6 is 0 Å². The normalized spacial score (nSPS) is 15.7. The Labute approximate surface area is 205 Å². The number of pyridine rings is 2. The van der Waals surface area contributed by atoms with Gasteiger partial charge in [-0.25, -0.2) is 14.5 Å². The molecule has 0 radical (unpaired) electrons. The number of nitrogens with zero attached hydrogens (tertiary/aromatic N) is 7. The van der Waals surface area contributed by atoms with Gasteiger partial charge < -0.3 is 19.0 Å². The molecule has 1 amide bonds. The largest absolute Gasteiger partial charge is 0.481 e. The van der Waals surface area contributed by atoms with E-state index in [0.29, 0.717) is 23.6 Å². The van der Waals surface area contributed by atoms with Crippen LogP contribution in [0.25, 0.3) is 17.0 Å². The number of H-pyrrole nitrogens is 1. The molecule has 11 nitrogen and oxygen atoms in total. The van der Waals surface area contributed by atoms with Gasteiger partial charge in [0.2, 0.25) is 11.8 Å². The molecular formula is C23H17F3N8O3. The molecule has 1 atom stereocenters. The highest BCUT2D eigenvalue weighted by molar-refractivity contribution is 5.90. The average Bonchev–Trinajstić information content (AvgIpc) is 3.66. The molecule has 0 unspecified atom stereocenters. The Balaban J connectivity index is 1.39. The predicted octanol–water partition coefficient (Wildman–Crippen LogP) is 3.32. The lowest BCUT2D eigenvalue weighted by atomic mass is 9.99. The van der Waals surface area contributed by atoms with E-state index in [0.717, 1.165) is 16.3 Å². The van der Waals surface area contributed by atoms with Gasteiger partial charge in [-0.15, -0.1) is 10.2 Å². The van der Waals surface area contributed by atoms with Crippen molar-refractivity contribution in [3.05, 3.63) is 77.6 Å². The molecule has 37 heavy (non-hydrogen) atoms. The molecular weight excluding hydrogens is 493 g/mol. The van der Waals surface area contributed by atoms with Crippen LogP contribution in [0.4, 0.5) is 13.2 Å². The van der Waals surface area contributed by atoms with E-state index in [1.807, 2.05) is 0 Å². The van der Waals surface area contributed by atoms with Crippen molar-refractivity contribution >= 4 is 11.4 Å². The van der Waals surface area contributed by atoms with Crippen molar-refractivity contribution in [1.29, 1.82) is 0 Å². The van der Waals surface area contributed by atoms with E-state index in [-0.39, 0.29) is 29.5 Å². The summed E-state index contributed by atoms with van der Waals surface area (Å²) in [5.74, 6) is -0.414. The number of carbonyl (C=O) groups is 1. The molecule has 0 bridgehead atoms. The molecule has 14 heteroatoms. The number of hydrogen-bond donors (Lipinski definition) is 1. The summed E-state index contributed by atoms with van der Waals surface area (Å²) in [6.07, 6.45) is -1.22. The first-order valence-electron chi connectivity index (χ1n) is 11.1. The molecule has 0 spiro atoms. The lowest BCUT2D eigenvalue weighted by Gasteiger charge is -2.32. The zero-order chi connectivity index (χ0) is 25.7. The van der Waals surface area contributed by atoms with Gasteiger partial charge in [0.05, 0.1) is 35.9 Å². The second-order valence-corrected chi connectivity index (χ2v) is 8.23. The number of aromatic nitrogens is 7. The van der Waals surface area contributed by atoms with Crippen LogP contribution in [0.5, 0.6) is 5.88 Å². The Bertz CT molecular complexity index is 1610.